The van der Waals surface area contributed by atoms with E-state index >= 15 is 0 Å². The fourth-order valence-electron chi connectivity index (χ4n) is 3.04. The van der Waals surface area contributed by atoms with Crippen molar-refractivity contribution >= 4 is 32.9 Å². The zero-order valence-electron chi connectivity index (χ0n) is 16.7. The normalized spacial score (nSPS) is 11.0. The van der Waals surface area contributed by atoms with E-state index in [1.165, 1.54) is 0 Å². The van der Waals surface area contributed by atoms with Gasteiger partial charge in [-0.3, -0.25) is 0 Å². The van der Waals surface area contributed by atoms with Crippen LogP contribution in [-0.4, -0.2) is 8.42 Å². The Labute approximate surface area is 182 Å². The molecule has 5 nitrogen and oxygen atoms in total. The fourth-order valence-corrected chi connectivity index (χ4v) is 4.10. The fraction of sp³-hybridized carbons (Fsp3) is 0.0400. The van der Waals surface area contributed by atoms with Crippen molar-refractivity contribution in [3.05, 3.63) is 115 Å². The second-order valence-electron chi connectivity index (χ2n) is 6.99. The highest BCUT2D eigenvalue weighted by Crippen LogP contribution is 2.24. The lowest BCUT2D eigenvalue weighted by Crippen LogP contribution is -2.12. The maximum absolute atomic E-state index is 12.3. The first-order valence-corrected chi connectivity index (χ1v) is 11.4. The number of anilines is 4. The molecular formula is C25H22N2O3S. The van der Waals surface area contributed by atoms with Crippen molar-refractivity contribution < 1.29 is 12.6 Å². The lowest BCUT2D eigenvalue weighted by atomic mass is 10.2. The van der Waals surface area contributed by atoms with Crippen LogP contribution in [0.2, 0.25) is 0 Å². The van der Waals surface area contributed by atoms with Crippen molar-refractivity contribution in [2.45, 2.75) is 5.75 Å². The molecule has 6 heteroatoms. The van der Waals surface area contributed by atoms with Gasteiger partial charge in [0.2, 0.25) is 0 Å². The van der Waals surface area contributed by atoms with E-state index in [0.717, 1.165) is 22.7 Å². The van der Waals surface area contributed by atoms with Gasteiger partial charge in [0.1, 0.15) is 11.5 Å². The molecule has 156 valence electrons. The number of rotatable bonds is 8. The Morgan fingerprint density at radius 1 is 0.548 bits per heavy atom. The van der Waals surface area contributed by atoms with Gasteiger partial charge in [-0.25, -0.2) is 0 Å². The number of para-hydroxylation sites is 1. The number of benzene rings is 4. The quantitative estimate of drug-likeness (QED) is 0.332. The highest BCUT2D eigenvalue weighted by Gasteiger charge is 2.14. The maximum Gasteiger partial charge on any atom is 0.313 e. The van der Waals surface area contributed by atoms with E-state index in [9.17, 15) is 8.42 Å². The van der Waals surface area contributed by atoms with Crippen molar-refractivity contribution in [3.63, 3.8) is 0 Å². The molecule has 0 aliphatic carbocycles. The van der Waals surface area contributed by atoms with Crippen LogP contribution in [0.25, 0.3) is 0 Å². The summed E-state index contributed by atoms with van der Waals surface area (Å²) < 4.78 is 29.7. The van der Waals surface area contributed by atoms with Crippen molar-refractivity contribution in [1.82, 2.24) is 0 Å². The molecule has 2 N–H and O–H groups in total. The summed E-state index contributed by atoms with van der Waals surface area (Å²) in [7, 11) is -3.72. The largest absolute Gasteiger partial charge is 0.382 e. The molecule has 31 heavy (non-hydrogen) atoms. The average Bonchev–Trinajstić information content (AvgIpc) is 2.77. The zero-order valence-corrected chi connectivity index (χ0v) is 17.5. The van der Waals surface area contributed by atoms with Gasteiger partial charge in [-0.15, -0.1) is 0 Å². The molecule has 0 heterocycles. The Balaban J connectivity index is 1.35. The summed E-state index contributed by atoms with van der Waals surface area (Å²) in [5.41, 5.74) is 4.46. The maximum atomic E-state index is 12.3. The Morgan fingerprint density at radius 3 is 1.48 bits per heavy atom. The van der Waals surface area contributed by atoms with Gasteiger partial charge in [0.15, 0.2) is 0 Å². The van der Waals surface area contributed by atoms with Gasteiger partial charge in [-0.05, 0) is 66.2 Å². The molecule has 0 aliphatic rings. The van der Waals surface area contributed by atoms with Crippen molar-refractivity contribution in [1.29, 1.82) is 0 Å². The predicted molar refractivity (Wildman–Crippen MR) is 126 cm³/mol. The number of hydrogen-bond donors (Lipinski definition) is 2. The predicted octanol–water partition coefficient (Wildman–Crippen LogP) is 6.08. The highest BCUT2D eigenvalue weighted by atomic mass is 32.2. The van der Waals surface area contributed by atoms with Gasteiger partial charge < -0.3 is 14.8 Å². The van der Waals surface area contributed by atoms with E-state index in [0.29, 0.717) is 5.56 Å². The van der Waals surface area contributed by atoms with E-state index in [4.69, 9.17) is 4.18 Å². The minimum Gasteiger partial charge on any atom is -0.382 e. The van der Waals surface area contributed by atoms with Crippen LogP contribution in [0.5, 0.6) is 5.75 Å². The lowest BCUT2D eigenvalue weighted by molar-refractivity contribution is 0.485. The SMILES string of the molecule is O=S(=O)(Cc1ccccc1)Oc1ccc(Nc2ccc(Nc3ccccc3)cc2)cc1. The molecule has 0 saturated carbocycles. The van der Waals surface area contributed by atoms with Gasteiger partial charge in [0, 0.05) is 22.7 Å². The second kappa shape index (κ2) is 9.36. The Bertz CT molecular complexity index is 1210. The van der Waals surface area contributed by atoms with Crippen LogP contribution in [0.3, 0.4) is 0 Å². The molecule has 0 atom stereocenters. The zero-order chi connectivity index (χ0) is 21.5. The summed E-state index contributed by atoms with van der Waals surface area (Å²) in [6.07, 6.45) is 0. The molecular weight excluding hydrogens is 408 g/mol. The topological polar surface area (TPSA) is 67.4 Å². The standard InChI is InChI=1S/C25H22N2O3S/c28-31(29,19-20-7-3-1-4-8-20)30-25-17-15-24(16-18-25)27-23-13-11-22(12-14-23)26-21-9-5-2-6-10-21/h1-18,26-27H,19H2. The van der Waals surface area contributed by atoms with Crippen LogP contribution in [-0.2, 0) is 15.9 Å². The van der Waals surface area contributed by atoms with Crippen LogP contribution in [0, 0.1) is 0 Å². The van der Waals surface area contributed by atoms with Gasteiger partial charge in [-0.2, -0.15) is 8.42 Å². The van der Waals surface area contributed by atoms with Crippen molar-refractivity contribution in [3.8, 4) is 5.75 Å². The third-order valence-electron chi connectivity index (χ3n) is 4.50. The van der Waals surface area contributed by atoms with E-state index in [-0.39, 0.29) is 11.5 Å². The van der Waals surface area contributed by atoms with Gasteiger partial charge in [-0.1, -0.05) is 48.5 Å². The molecule has 0 aliphatic heterocycles. The van der Waals surface area contributed by atoms with Crippen LogP contribution >= 0.6 is 0 Å². The summed E-state index contributed by atoms with van der Waals surface area (Å²) >= 11 is 0. The molecule has 4 rings (SSSR count). The summed E-state index contributed by atoms with van der Waals surface area (Å²) in [5, 5.41) is 6.63. The van der Waals surface area contributed by atoms with E-state index < -0.39 is 10.1 Å². The third-order valence-corrected chi connectivity index (χ3v) is 5.63. The van der Waals surface area contributed by atoms with Crippen molar-refractivity contribution in [2.75, 3.05) is 10.6 Å². The Morgan fingerprint density at radius 2 is 0.968 bits per heavy atom. The first-order chi connectivity index (χ1) is 15.1. The molecule has 0 amide bonds. The Hall–Kier alpha value is -3.77. The molecule has 0 saturated heterocycles. The number of hydrogen-bond acceptors (Lipinski definition) is 5. The van der Waals surface area contributed by atoms with Crippen LogP contribution in [0.15, 0.2) is 109 Å². The van der Waals surface area contributed by atoms with E-state index in [1.807, 2.05) is 60.7 Å². The molecule has 4 aromatic carbocycles. The first kappa shape index (κ1) is 20.5. The van der Waals surface area contributed by atoms with Gasteiger partial charge in [0.05, 0.1) is 0 Å². The summed E-state index contributed by atoms with van der Waals surface area (Å²) in [4.78, 5) is 0. The molecule has 0 bridgehead atoms. The molecule has 0 unspecified atom stereocenters. The smallest absolute Gasteiger partial charge is 0.313 e. The molecule has 4 aromatic rings. The first-order valence-electron chi connectivity index (χ1n) is 9.81. The summed E-state index contributed by atoms with van der Waals surface area (Å²) in [6.45, 7) is 0. The minimum absolute atomic E-state index is 0.169. The van der Waals surface area contributed by atoms with Crippen LogP contribution in [0.1, 0.15) is 5.56 Å². The molecule has 0 radical (unpaired) electrons. The average molecular weight is 431 g/mol. The van der Waals surface area contributed by atoms with E-state index in [2.05, 4.69) is 10.6 Å². The number of nitrogens with one attached hydrogen (secondary N) is 2. The third kappa shape index (κ3) is 6.10. The monoisotopic (exact) mass is 430 g/mol. The Kier molecular flexibility index (Phi) is 6.19. The second-order valence-corrected chi connectivity index (χ2v) is 8.56. The molecule has 0 spiro atoms. The summed E-state index contributed by atoms with van der Waals surface area (Å²) in [6, 6.07) is 33.7. The van der Waals surface area contributed by atoms with Gasteiger partial charge >= 0.3 is 10.1 Å². The summed E-state index contributed by atoms with van der Waals surface area (Å²) in [5.74, 6) is 0.112. The van der Waals surface area contributed by atoms with Crippen molar-refractivity contribution in [2.24, 2.45) is 0 Å². The molecule has 0 aromatic heterocycles. The van der Waals surface area contributed by atoms with Crippen LogP contribution < -0.4 is 14.8 Å². The molecule has 0 fully saturated rings. The lowest BCUT2D eigenvalue weighted by Gasteiger charge is -2.11. The highest BCUT2D eigenvalue weighted by molar-refractivity contribution is 7.86. The minimum atomic E-state index is -3.72. The van der Waals surface area contributed by atoms with Gasteiger partial charge in [0.25, 0.3) is 0 Å². The van der Waals surface area contributed by atoms with Crippen LogP contribution in [0.4, 0.5) is 22.7 Å². The van der Waals surface area contributed by atoms with E-state index in [1.54, 1.807) is 48.5 Å².